The molecule has 0 saturated heterocycles. The minimum absolute atomic E-state index is 0.110. The molecule has 5 N–H and O–H groups in total. The highest BCUT2D eigenvalue weighted by atomic mass is 16.5. The molecule has 2 atom stereocenters. The molecule has 0 aliphatic carbocycles. The maximum absolute atomic E-state index is 11.8. The summed E-state index contributed by atoms with van der Waals surface area (Å²) in [5, 5.41) is 15.7. The summed E-state index contributed by atoms with van der Waals surface area (Å²) in [5.41, 5.74) is 10.2. The van der Waals surface area contributed by atoms with Gasteiger partial charge in [-0.25, -0.2) is 0 Å². The maximum Gasteiger partial charge on any atom is 0.252 e. The van der Waals surface area contributed by atoms with Crippen LogP contribution in [0.5, 0.6) is 0 Å². The molecule has 0 bridgehead atoms. The Morgan fingerprint density at radius 1 is 1.19 bits per heavy atom. The molecule has 2 aliphatic heterocycles. The third-order valence-electron chi connectivity index (χ3n) is 5.49. The van der Waals surface area contributed by atoms with E-state index < -0.39 is 5.91 Å². The van der Waals surface area contributed by atoms with Crippen LogP contribution >= 0.6 is 0 Å². The lowest BCUT2D eigenvalue weighted by molar-refractivity contribution is 0.100. The molecule has 2 unspecified atom stereocenters. The first kappa shape index (κ1) is 19.2. The molecule has 5 rings (SSSR count). The first-order valence-electron chi connectivity index (χ1n) is 10.1. The van der Waals surface area contributed by atoms with Crippen LogP contribution in [0.25, 0.3) is 11.0 Å². The first-order chi connectivity index (χ1) is 15.2. The number of benzene rings is 2. The summed E-state index contributed by atoms with van der Waals surface area (Å²) < 4.78 is 5.51. The van der Waals surface area contributed by atoms with E-state index in [1.807, 2.05) is 36.6 Å². The van der Waals surface area contributed by atoms with Crippen molar-refractivity contribution in [2.75, 3.05) is 0 Å². The summed E-state index contributed by atoms with van der Waals surface area (Å²) in [6.07, 6.45) is 5.90. The highest BCUT2D eigenvalue weighted by Gasteiger charge is 2.31. The van der Waals surface area contributed by atoms with Crippen molar-refractivity contribution >= 4 is 23.1 Å². The van der Waals surface area contributed by atoms with Crippen LogP contribution in [0.4, 0.5) is 0 Å². The minimum Gasteiger partial charge on any atom is -0.365 e. The average molecular weight is 414 g/mol. The second-order valence-electron chi connectivity index (χ2n) is 7.45. The van der Waals surface area contributed by atoms with Crippen LogP contribution in [0.15, 0.2) is 81.6 Å². The lowest BCUT2D eigenvalue weighted by Gasteiger charge is -2.35. The summed E-state index contributed by atoms with van der Waals surface area (Å²) in [5.74, 6) is -0.547. The molecule has 0 radical (unpaired) electrons. The predicted molar refractivity (Wildman–Crippen MR) is 118 cm³/mol. The maximum atomic E-state index is 11.8. The van der Waals surface area contributed by atoms with Crippen LogP contribution in [0.3, 0.4) is 0 Å². The van der Waals surface area contributed by atoms with Gasteiger partial charge in [0, 0.05) is 36.5 Å². The molecule has 31 heavy (non-hydrogen) atoms. The van der Waals surface area contributed by atoms with Gasteiger partial charge in [-0.05, 0) is 29.3 Å². The van der Waals surface area contributed by atoms with Crippen molar-refractivity contribution in [1.29, 1.82) is 0 Å². The summed E-state index contributed by atoms with van der Waals surface area (Å²) in [7, 11) is 0. The SMILES string of the molecule is NC(=O)c1cccc2c(C3NC4=C(CC=NC=C4)C(NCc4ccccc4)N3)noc12. The topological polar surface area (TPSA) is 118 Å². The summed E-state index contributed by atoms with van der Waals surface area (Å²) >= 11 is 0. The van der Waals surface area contributed by atoms with Crippen molar-refractivity contribution in [3.8, 4) is 0 Å². The second kappa shape index (κ2) is 8.17. The molecule has 0 fully saturated rings. The molecule has 3 heterocycles. The Bertz CT molecular complexity index is 1210. The number of nitrogens with two attached hydrogens (primary N) is 1. The molecule has 1 amide bonds. The van der Waals surface area contributed by atoms with E-state index in [-0.39, 0.29) is 12.3 Å². The van der Waals surface area contributed by atoms with Gasteiger partial charge in [0.15, 0.2) is 5.58 Å². The number of fused-ring (bicyclic) bond motifs is 1. The van der Waals surface area contributed by atoms with Crippen molar-refractivity contribution in [2.45, 2.75) is 25.3 Å². The van der Waals surface area contributed by atoms with Crippen LogP contribution < -0.4 is 21.7 Å². The molecule has 0 saturated carbocycles. The Balaban J connectivity index is 1.48. The van der Waals surface area contributed by atoms with Crippen molar-refractivity contribution in [3.05, 3.63) is 88.9 Å². The van der Waals surface area contributed by atoms with E-state index in [9.17, 15) is 4.79 Å². The first-order valence-corrected chi connectivity index (χ1v) is 10.1. The van der Waals surface area contributed by atoms with Crippen molar-refractivity contribution in [1.82, 2.24) is 21.1 Å². The van der Waals surface area contributed by atoms with Crippen LogP contribution in [0, 0.1) is 0 Å². The molecule has 8 nitrogen and oxygen atoms in total. The molecule has 1 aromatic heterocycles. The molecule has 8 heteroatoms. The van der Waals surface area contributed by atoms with Gasteiger partial charge in [-0.1, -0.05) is 41.6 Å². The number of allylic oxidation sites excluding steroid dienone is 1. The van der Waals surface area contributed by atoms with E-state index >= 15 is 0 Å². The lowest BCUT2D eigenvalue weighted by atomic mass is 10.0. The van der Waals surface area contributed by atoms with E-state index in [0.717, 1.165) is 16.7 Å². The van der Waals surface area contributed by atoms with Gasteiger partial charge in [0.25, 0.3) is 5.91 Å². The molecule has 156 valence electrons. The second-order valence-corrected chi connectivity index (χ2v) is 7.45. The highest BCUT2D eigenvalue weighted by Crippen LogP contribution is 2.30. The number of hydrogen-bond acceptors (Lipinski definition) is 7. The van der Waals surface area contributed by atoms with E-state index in [4.69, 9.17) is 10.3 Å². The number of amides is 1. The van der Waals surface area contributed by atoms with E-state index in [1.165, 1.54) is 5.56 Å². The Kier molecular flexibility index (Phi) is 5.07. The van der Waals surface area contributed by atoms with Crippen LogP contribution in [-0.4, -0.2) is 23.4 Å². The smallest absolute Gasteiger partial charge is 0.252 e. The minimum atomic E-state index is -0.547. The fraction of sp³-hybridized carbons (Fsp3) is 0.174. The van der Waals surface area contributed by atoms with Crippen LogP contribution in [0.1, 0.15) is 34.2 Å². The van der Waals surface area contributed by atoms with Gasteiger partial charge >= 0.3 is 0 Å². The number of nitrogens with zero attached hydrogens (tertiary/aromatic N) is 2. The molecular weight excluding hydrogens is 392 g/mol. The number of carbonyl (C=O) groups excluding carboxylic acids is 1. The molecule has 2 aliphatic rings. The van der Waals surface area contributed by atoms with Gasteiger partial charge in [0.1, 0.15) is 11.9 Å². The Morgan fingerprint density at radius 2 is 2.06 bits per heavy atom. The predicted octanol–water partition coefficient (Wildman–Crippen LogP) is 2.48. The van der Waals surface area contributed by atoms with E-state index in [1.54, 1.807) is 18.3 Å². The van der Waals surface area contributed by atoms with Gasteiger partial charge in [0.2, 0.25) is 0 Å². The average Bonchev–Trinajstić information content (AvgIpc) is 3.08. The van der Waals surface area contributed by atoms with Gasteiger partial charge in [0.05, 0.1) is 11.7 Å². The lowest BCUT2D eigenvalue weighted by Crippen LogP contribution is -2.53. The largest absolute Gasteiger partial charge is 0.365 e. The number of aromatic nitrogens is 1. The number of aliphatic imine (C=N–C) groups is 1. The summed E-state index contributed by atoms with van der Waals surface area (Å²) in [6.45, 7) is 0.703. The fourth-order valence-electron chi connectivity index (χ4n) is 3.95. The van der Waals surface area contributed by atoms with Crippen molar-refractivity contribution in [3.63, 3.8) is 0 Å². The molecule has 0 spiro atoms. The summed E-state index contributed by atoms with van der Waals surface area (Å²) in [4.78, 5) is 16.0. The number of para-hydroxylation sites is 1. The quantitative estimate of drug-likeness (QED) is 0.510. The summed E-state index contributed by atoms with van der Waals surface area (Å²) in [6, 6.07) is 15.5. The molecular formula is C23H22N6O2. The Hall–Kier alpha value is -3.75. The van der Waals surface area contributed by atoms with Crippen LogP contribution in [-0.2, 0) is 6.54 Å². The third kappa shape index (κ3) is 3.74. The zero-order chi connectivity index (χ0) is 21.2. The van der Waals surface area contributed by atoms with E-state index in [2.05, 4.69) is 38.2 Å². The van der Waals surface area contributed by atoms with Gasteiger partial charge in [-0.15, -0.1) is 0 Å². The molecule has 3 aromatic rings. The van der Waals surface area contributed by atoms with Crippen molar-refractivity contribution in [2.24, 2.45) is 10.7 Å². The van der Waals surface area contributed by atoms with Crippen molar-refractivity contribution < 1.29 is 9.32 Å². The molecule has 2 aromatic carbocycles. The number of nitrogens with one attached hydrogen (secondary N) is 3. The van der Waals surface area contributed by atoms with Gasteiger partial charge in [-0.2, -0.15) is 0 Å². The fourth-order valence-corrected chi connectivity index (χ4v) is 3.95. The number of hydrogen-bond donors (Lipinski definition) is 4. The van der Waals surface area contributed by atoms with E-state index in [0.29, 0.717) is 29.8 Å². The number of rotatable bonds is 5. The monoisotopic (exact) mass is 414 g/mol. The highest BCUT2D eigenvalue weighted by molar-refractivity contribution is 6.04. The zero-order valence-corrected chi connectivity index (χ0v) is 16.7. The van der Waals surface area contributed by atoms with Gasteiger partial charge < -0.3 is 15.6 Å². The third-order valence-corrected chi connectivity index (χ3v) is 5.49. The standard InChI is InChI=1S/C23H22N6O2/c24-21(30)17-8-4-7-16-19(29-31-20(16)17)23-27-18-10-12-25-11-9-15(18)22(28-23)26-13-14-5-2-1-3-6-14/h1-8,10-12,22-23,26-28H,9,13H2,(H2,24,30). The van der Waals surface area contributed by atoms with Crippen LogP contribution in [0.2, 0.25) is 0 Å². The number of carbonyl (C=O) groups is 1. The zero-order valence-electron chi connectivity index (χ0n) is 16.7. The number of primary amides is 1. The normalized spacial score (nSPS) is 20.4. The Morgan fingerprint density at radius 3 is 2.90 bits per heavy atom. The Labute approximate surface area is 178 Å². The van der Waals surface area contributed by atoms with Gasteiger partial charge in [-0.3, -0.25) is 20.4 Å².